The predicted molar refractivity (Wildman–Crippen MR) is 80.3 cm³/mol. The van der Waals surface area contributed by atoms with Gasteiger partial charge >= 0.3 is 0 Å². The van der Waals surface area contributed by atoms with Crippen molar-refractivity contribution < 1.29 is 9.53 Å². The molecule has 0 bridgehead atoms. The summed E-state index contributed by atoms with van der Waals surface area (Å²) in [6, 6.07) is 1.76. The van der Waals surface area contributed by atoms with E-state index < -0.39 is 0 Å². The number of carbonyl (C=O) groups excluding carboxylic acids is 1. The summed E-state index contributed by atoms with van der Waals surface area (Å²) in [6.07, 6.45) is 4.34. The van der Waals surface area contributed by atoms with Gasteiger partial charge < -0.3 is 14.2 Å². The summed E-state index contributed by atoms with van der Waals surface area (Å²) in [6.45, 7) is 3.63. The van der Waals surface area contributed by atoms with Crippen LogP contribution in [0.15, 0.2) is 18.6 Å². The minimum Gasteiger partial charge on any atom is -0.380 e. The smallest absolute Gasteiger partial charge is 0.275 e. The van der Waals surface area contributed by atoms with Crippen LogP contribution in [0.25, 0.3) is 0 Å². The summed E-state index contributed by atoms with van der Waals surface area (Å²) in [5.74, 6) is -0.0680. The number of rotatable bonds is 4. The maximum Gasteiger partial charge on any atom is 0.275 e. The van der Waals surface area contributed by atoms with Crippen LogP contribution in [0.3, 0.4) is 0 Å². The zero-order valence-corrected chi connectivity index (χ0v) is 13.2. The Morgan fingerprint density at radius 2 is 2.27 bits per heavy atom. The van der Waals surface area contributed by atoms with Crippen molar-refractivity contribution in [3.8, 4) is 0 Å². The van der Waals surface area contributed by atoms with Gasteiger partial charge in [-0.2, -0.15) is 5.10 Å². The van der Waals surface area contributed by atoms with Crippen LogP contribution in [0.1, 0.15) is 28.8 Å². The molecule has 7 nitrogen and oxygen atoms in total. The molecule has 1 aliphatic heterocycles. The molecule has 1 aliphatic rings. The van der Waals surface area contributed by atoms with E-state index in [1.807, 2.05) is 30.5 Å². The summed E-state index contributed by atoms with van der Waals surface area (Å²) in [5.41, 5.74) is 2.60. The largest absolute Gasteiger partial charge is 0.380 e. The Kier molecular flexibility index (Phi) is 3.98. The van der Waals surface area contributed by atoms with E-state index in [0.717, 1.165) is 12.1 Å². The fraction of sp³-hybridized carbons (Fsp3) is 0.533. The third kappa shape index (κ3) is 2.64. The summed E-state index contributed by atoms with van der Waals surface area (Å²) >= 11 is 0. The van der Waals surface area contributed by atoms with Crippen LogP contribution in [0.4, 0.5) is 0 Å². The molecule has 2 aromatic heterocycles. The van der Waals surface area contributed by atoms with E-state index in [-0.39, 0.29) is 11.9 Å². The molecule has 0 spiro atoms. The first-order valence-corrected chi connectivity index (χ1v) is 7.47. The Bertz CT molecular complexity index is 675. The fourth-order valence-electron chi connectivity index (χ4n) is 2.84. The number of ether oxygens (including phenoxy) is 1. The highest BCUT2D eigenvalue weighted by Crippen LogP contribution is 2.24. The number of aromatic nitrogens is 4. The summed E-state index contributed by atoms with van der Waals surface area (Å²) < 4.78 is 9.24. The van der Waals surface area contributed by atoms with Gasteiger partial charge in [-0.15, -0.1) is 0 Å². The molecule has 3 heterocycles. The van der Waals surface area contributed by atoms with Gasteiger partial charge in [0.15, 0.2) is 0 Å². The molecule has 1 unspecified atom stereocenters. The number of amides is 1. The minimum absolute atomic E-state index is 0.0114. The molecule has 0 saturated heterocycles. The number of fused-ring (bicyclic) bond motifs is 1. The minimum atomic E-state index is -0.0680. The number of carbonyl (C=O) groups is 1. The quantitative estimate of drug-likeness (QED) is 0.836. The molecule has 3 rings (SSSR count). The Morgan fingerprint density at radius 3 is 2.95 bits per heavy atom. The topological polar surface area (TPSA) is 65.2 Å². The maximum atomic E-state index is 12.8. The first kappa shape index (κ1) is 14.8. The zero-order valence-electron chi connectivity index (χ0n) is 13.2. The van der Waals surface area contributed by atoms with Crippen molar-refractivity contribution in [2.24, 2.45) is 14.1 Å². The van der Waals surface area contributed by atoms with Crippen molar-refractivity contribution in [2.45, 2.75) is 25.9 Å². The van der Waals surface area contributed by atoms with Crippen molar-refractivity contribution in [3.63, 3.8) is 0 Å². The maximum absolute atomic E-state index is 12.8. The second-order valence-corrected chi connectivity index (χ2v) is 5.57. The third-order valence-corrected chi connectivity index (χ3v) is 4.04. The molecule has 0 radical (unpaired) electrons. The van der Waals surface area contributed by atoms with E-state index in [1.54, 1.807) is 23.3 Å². The number of imidazole rings is 1. The Hall–Kier alpha value is -2.15. The number of hydrogen-bond donors (Lipinski definition) is 0. The summed E-state index contributed by atoms with van der Waals surface area (Å²) in [7, 11) is 3.79. The Balaban J connectivity index is 1.87. The van der Waals surface area contributed by atoms with Gasteiger partial charge in [-0.05, 0) is 13.0 Å². The Morgan fingerprint density at radius 1 is 1.45 bits per heavy atom. The highest BCUT2D eigenvalue weighted by Gasteiger charge is 2.33. The van der Waals surface area contributed by atoms with E-state index in [0.29, 0.717) is 25.5 Å². The van der Waals surface area contributed by atoms with Crippen molar-refractivity contribution in [3.05, 3.63) is 35.7 Å². The van der Waals surface area contributed by atoms with Crippen LogP contribution < -0.4 is 0 Å². The van der Waals surface area contributed by atoms with E-state index in [4.69, 9.17) is 4.74 Å². The number of hydrogen-bond acceptors (Lipinski definition) is 4. The van der Waals surface area contributed by atoms with Crippen molar-refractivity contribution >= 4 is 5.91 Å². The lowest BCUT2D eigenvalue weighted by Crippen LogP contribution is -2.47. The molecule has 0 fully saturated rings. The predicted octanol–water partition coefficient (Wildman–Crippen LogP) is 0.757. The van der Waals surface area contributed by atoms with Crippen LogP contribution in [0.2, 0.25) is 0 Å². The molecule has 0 saturated carbocycles. The van der Waals surface area contributed by atoms with Crippen LogP contribution in [-0.4, -0.2) is 49.4 Å². The third-order valence-electron chi connectivity index (χ3n) is 4.04. The highest BCUT2D eigenvalue weighted by atomic mass is 16.5. The van der Waals surface area contributed by atoms with Gasteiger partial charge in [0.1, 0.15) is 5.69 Å². The first-order valence-electron chi connectivity index (χ1n) is 7.47. The van der Waals surface area contributed by atoms with Gasteiger partial charge in [-0.25, -0.2) is 4.98 Å². The van der Waals surface area contributed by atoms with Crippen LogP contribution in [-0.2, 0) is 31.8 Å². The molecule has 2 aromatic rings. The van der Waals surface area contributed by atoms with Gasteiger partial charge in [-0.1, -0.05) is 0 Å². The monoisotopic (exact) mass is 303 g/mol. The first-order chi connectivity index (χ1) is 10.6. The molecule has 0 aliphatic carbocycles. The van der Waals surface area contributed by atoms with Gasteiger partial charge in [0.05, 0.1) is 31.2 Å². The molecule has 1 atom stereocenters. The molecule has 0 aromatic carbocycles. The normalized spacial score (nSPS) is 17.6. The van der Waals surface area contributed by atoms with Crippen LogP contribution >= 0.6 is 0 Å². The average Bonchev–Trinajstić information content (AvgIpc) is 3.10. The molecule has 7 heteroatoms. The molecule has 118 valence electrons. The lowest BCUT2D eigenvalue weighted by atomic mass is 10.0. The van der Waals surface area contributed by atoms with E-state index in [1.165, 1.54) is 5.69 Å². The number of aryl methyl sites for hydroxylation is 2. The van der Waals surface area contributed by atoms with E-state index in [2.05, 4.69) is 10.1 Å². The van der Waals surface area contributed by atoms with Gasteiger partial charge in [0.2, 0.25) is 0 Å². The fourth-order valence-corrected chi connectivity index (χ4v) is 2.84. The molecule has 0 N–H and O–H groups in total. The van der Waals surface area contributed by atoms with Crippen molar-refractivity contribution in [2.75, 3.05) is 13.2 Å². The zero-order chi connectivity index (χ0) is 15.7. The van der Waals surface area contributed by atoms with Gasteiger partial charge in [-0.3, -0.25) is 9.48 Å². The lowest BCUT2D eigenvalue weighted by molar-refractivity contribution is 0.0382. The second kappa shape index (κ2) is 5.92. The van der Waals surface area contributed by atoms with Crippen LogP contribution in [0.5, 0.6) is 0 Å². The lowest BCUT2D eigenvalue weighted by Gasteiger charge is -2.34. The Labute approximate surface area is 129 Å². The van der Waals surface area contributed by atoms with Gasteiger partial charge in [0, 0.05) is 39.0 Å². The number of nitrogens with zero attached hydrogens (tertiary/aromatic N) is 5. The SMILES string of the molecule is CCOCC1Cc2c(ncn2C)CN1C(=O)c1ccn(C)n1. The summed E-state index contributed by atoms with van der Waals surface area (Å²) in [4.78, 5) is 19.0. The molecular weight excluding hydrogens is 282 g/mol. The van der Waals surface area contributed by atoms with Crippen molar-refractivity contribution in [1.82, 2.24) is 24.2 Å². The highest BCUT2D eigenvalue weighted by molar-refractivity contribution is 5.92. The second-order valence-electron chi connectivity index (χ2n) is 5.57. The van der Waals surface area contributed by atoms with E-state index >= 15 is 0 Å². The summed E-state index contributed by atoms with van der Waals surface area (Å²) in [5, 5.41) is 4.22. The van der Waals surface area contributed by atoms with Crippen molar-refractivity contribution in [1.29, 1.82) is 0 Å². The van der Waals surface area contributed by atoms with E-state index in [9.17, 15) is 4.79 Å². The average molecular weight is 303 g/mol. The molecule has 1 amide bonds. The standard InChI is InChI=1S/C15H21N5O2/c1-4-22-9-11-7-14-13(16-10-18(14)2)8-20(11)15(21)12-5-6-19(3)17-12/h5-6,10-11H,4,7-9H2,1-3H3. The van der Waals surface area contributed by atoms with Crippen LogP contribution in [0, 0.1) is 0 Å². The molecule has 22 heavy (non-hydrogen) atoms. The molecular formula is C15H21N5O2. The van der Waals surface area contributed by atoms with Gasteiger partial charge in [0.25, 0.3) is 5.91 Å².